The van der Waals surface area contributed by atoms with Gasteiger partial charge in [-0.15, -0.1) is 0 Å². The minimum atomic E-state index is -0.361. The van der Waals surface area contributed by atoms with Gasteiger partial charge in [0.05, 0.1) is 7.11 Å². The van der Waals surface area contributed by atoms with Gasteiger partial charge in [0.2, 0.25) is 0 Å². The van der Waals surface area contributed by atoms with Gasteiger partial charge in [0.25, 0.3) is 0 Å². The van der Waals surface area contributed by atoms with Crippen molar-refractivity contribution in [3.8, 4) is 0 Å². The SMILES string of the molecule is COC(=O)C(c1ccc2ccccc2c1)N(C)C. The van der Waals surface area contributed by atoms with Crippen LogP contribution in [-0.4, -0.2) is 32.1 Å². The van der Waals surface area contributed by atoms with Crippen molar-refractivity contribution in [1.29, 1.82) is 0 Å². The second-order valence-electron chi connectivity index (χ2n) is 4.50. The van der Waals surface area contributed by atoms with Gasteiger partial charge in [-0.25, -0.2) is 4.79 Å². The molecule has 0 radical (unpaired) electrons. The molecule has 0 aromatic heterocycles. The molecule has 3 heteroatoms. The Kier molecular flexibility index (Phi) is 3.63. The first kappa shape index (κ1) is 12.6. The van der Waals surface area contributed by atoms with E-state index >= 15 is 0 Å². The van der Waals surface area contributed by atoms with E-state index in [0.29, 0.717) is 0 Å². The number of rotatable bonds is 3. The van der Waals surface area contributed by atoms with Gasteiger partial charge in [-0.1, -0.05) is 36.4 Å². The molecule has 0 saturated carbocycles. The molecule has 2 aromatic carbocycles. The van der Waals surface area contributed by atoms with E-state index in [9.17, 15) is 4.79 Å². The number of fused-ring (bicyclic) bond motifs is 1. The highest BCUT2D eigenvalue weighted by atomic mass is 16.5. The Hall–Kier alpha value is -1.87. The van der Waals surface area contributed by atoms with Gasteiger partial charge in [0, 0.05) is 0 Å². The molecule has 0 bridgehead atoms. The number of benzene rings is 2. The fourth-order valence-electron chi connectivity index (χ4n) is 2.13. The first-order chi connectivity index (χ1) is 8.63. The van der Waals surface area contributed by atoms with Crippen molar-refractivity contribution in [2.45, 2.75) is 6.04 Å². The second-order valence-corrected chi connectivity index (χ2v) is 4.50. The summed E-state index contributed by atoms with van der Waals surface area (Å²) in [7, 11) is 5.16. The van der Waals surface area contributed by atoms with Crippen LogP contribution in [0, 0.1) is 0 Å². The lowest BCUT2D eigenvalue weighted by atomic mass is 10.0. The molecule has 0 saturated heterocycles. The zero-order valence-electron chi connectivity index (χ0n) is 10.9. The summed E-state index contributed by atoms with van der Waals surface area (Å²) in [5, 5.41) is 2.30. The number of hydrogen-bond donors (Lipinski definition) is 0. The zero-order valence-corrected chi connectivity index (χ0v) is 10.9. The summed E-state index contributed by atoms with van der Waals surface area (Å²) in [6, 6.07) is 13.8. The van der Waals surface area contributed by atoms with Gasteiger partial charge in [-0.3, -0.25) is 4.90 Å². The van der Waals surface area contributed by atoms with Crippen molar-refractivity contribution >= 4 is 16.7 Å². The van der Waals surface area contributed by atoms with Crippen LogP contribution in [-0.2, 0) is 9.53 Å². The zero-order chi connectivity index (χ0) is 13.1. The van der Waals surface area contributed by atoms with E-state index in [1.54, 1.807) is 0 Å². The summed E-state index contributed by atoms with van der Waals surface area (Å²) in [4.78, 5) is 13.7. The number of carbonyl (C=O) groups is 1. The van der Waals surface area contributed by atoms with Crippen LogP contribution in [0.1, 0.15) is 11.6 Å². The number of nitrogens with zero attached hydrogens (tertiary/aromatic N) is 1. The average molecular weight is 243 g/mol. The van der Waals surface area contributed by atoms with Gasteiger partial charge in [-0.2, -0.15) is 0 Å². The molecule has 1 unspecified atom stereocenters. The maximum atomic E-state index is 11.8. The van der Waals surface area contributed by atoms with E-state index in [2.05, 4.69) is 6.07 Å². The van der Waals surface area contributed by atoms with Crippen LogP contribution in [0.3, 0.4) is 0 Å². The molecule has 0 heterocycles. The van der Waals surface area contributed by atoms with Gasteiger partial charge < -0.3 is 4.74 Å². The lowest BCUT2D eigenvalue weighted by Crippen LogP contribution is -2.28. The van der Waals surface area contributed by atoms with E-state index in [-0.39, 0.29) is 12.0 Å². The van der Waals surface area contributed by atoms with Crippen molar-refractivity contribution in [2.75, 3.05) is 21.2 Å². The molecule has 0 fully saturated rings. The highest BCUT2D eigenvalue weighted by Gasteiger charge is 2.23. The summed E-state index contributed by atoms with van der Waals surface area (Å²) in [5.41, 5.74) is 0.950. The quantitative estimate of drug-likeness (QED) is 0.776. The Morgan fingerprint density at radius 1 is 1.11 bits per heavy atom. The number of methoxy groups -OCH3 is 1. The lowest BCUT2D eigenvalue weighted by Gasteiger charge is -2.22. The highest BCUT2D eigenvalue weighted by molar-refractivity contribution is 5.85. The Morgan fingerprint density at radius 3 is 2.39 bits per heavy atom. The molecule has 2 aromatic rings. The van der Waals surface area contributed by atoms with Crippen LogP contribution in [0.5, 0.6) is 0 Å². The minimum Gasteiger partial charge on any atom is -0.468 e. The topological polar surface area (TPSA) is 29.5 Å². The normalized spacial score (nSPS) is 12.7. The lowest BCUT2D eigenvalue weighted by molar-refractivity contribution is -0.146. The monoisotopic (exact) mass is 243 g/mol. The predicted octanol–water partition coefficient (Wildman–Crippen LogP) is 2.62. The Balaban J connectivity index is 2.48. The van der Waals surface area contributed by atoms with Crippen LogP contribution >= 0.6 is 0 Å². The molecule has 0 N–H and O–H groups in total. The number of ether oxygens (including phenoxy) is 1. The highest BCUT2D eigenvalue weighted by Crippen LogP contribution is 2.24. The summed E-state index contributed by atoms with van der Waals surface area (Å²) in [5.74, 6) is -0.240. The van der Waals surface area contributed by atoms with Crippen molar-refractivity contribution < 1.29 is 9.53 Å². The molecule has 0 amide bonds. The van der Waals surface area contributed by atoms with Crippen LogP contribution in [0.15, 0.2) is 42.5 Å². The fourth-order valence-corrected chi connectivity index (χ4v) is 2.13. The molecule has 0 spiro atoms. The van der Waals surface area contributed by atoms with Gasteiger partial charge in [-0.05, 0) is 36.5 Å². The van der Waals surface area contributed by atoms with E-state index in [4.69, 9.17) is 4.74 Å². The van der Waals surface area contributed by atoms with Crippen LogP contribution < -0.4 is 0 Å². The second kappa shape index (κ2) is 5.19. The van der Waals surface area contributed by atoms with Gasteiger partial charge in [0.1, 0.15) is 6.04 Å². The molecule has 3 nitrogen and oxygen atoms in total. The molecule has 0 aliphatic rings. The van der Waals surface area contributed by atoms with Crippen LogP contribution in [0.25, 0.3) is 10.8 Å². The molecular weight excluding hydrogens is 226 g/mol. The van der Waals surface area contributed by atoms with Crippen LogP contribution in [0.4, 0.5) is 0 Å². The number of esters is 1. The molecule has 94 valence electrons. The predicted molar refractivity (Wildman–Crippen MR) is 72.4 cm³/mol. The van der Waals surface area contributed by atoms with Gasteiger partial charge >= 0.3 is 5.97 Å². The third-order valence-electron chi connectivity index (χ3n) is 3.03. The Bertz CT molecular complexity index is 563. The smallest absolute Gasteiger partial charge is 0.327 e. The molecular formula is C15H17NO2. The fraction of sp³-hybridized carbons (Fsp3) is 0.267. The van der Waals surface area contributed by atoms with Crippen molar-refractivity contribution in [3.05, 3.63) is 48.0 Å². The average Bonchev–Trinajstić information content (AvgIpc) is 2.38. The maximum Gasteiger partial charge on any atom is 0.327 e. The first-order valence-corrected chi connectivity index (χ1v) is 5.86. The molecule has 0 aliphatic heterocycles. The first-order valence-electron chi connectivity index (χ1n) is 5.86. The van der Waals surface area contributed by atoms with E-state index < -0.39 is 0 Å². The summed E-state index contributed by atoms with van der Waals surface area (Å²) in [6.45, 7) is 0. The van der Waals surface area contributed by atoms with Crippen molar-refractivity contribution in [2.24, 2.45) is 0 Å². The Labute approximate surface area is 107 Å². The largest absolute Gasteiger partial charge is 0.468 e. The van der Waals surface area contributed by atoms with E-state index in [0.717, 1.165) is 10.9 Å². The molecule has 0 aliphatic carbocycles. The Morgan fingerprint density at radius 2 is 1.78 bits per heavy atom. The van der Waals surface area contributed by atoms with E-state index in [1.807, 2.05) is 55.4 Å². The third-order valence-corrected chi connectivity index (χ3v) is 3.03. The summed E-state index contributed by atoms with van der Waals surface area (Å²) in [6.07, 6.45) is 0. The molecule has 1 atom stereocenters. The third kappa shape index (κ3) is 2.36. The number of hydrogen-bond acceptors (Lipinski definition) is 3. The van der Waals surface area contributed by atoms with Crippen molar-refractivity contribution in [3.63, 3.8) is 0 Å². The minimum absolute atomic E-state index is 0.240. The molecule has 18 heavy (non-hydrogen) atoms. The summed E-state index contributed by atoms with van der Waals surface area (Å²) < 4.78 is 4.86. The summed E-state index contributed by atoms with van der Waals surface area (Å²) >= 11 is 0. The van der Waals surface area contributed by atoms with Crippen molar-refractivity contribution in [1.82, 2.24) is 4.90 Å². The van der Waals surface area contributed by atoms with E-state index in [1.165, 1.54) is 12.5 Å². The number of likely N-dealkylation sites (N-methyl/N-ethyl adjacent to an activating group) is 1. The standard InChI is InChI=1S/C15H17NO2/c1-16(2)14(15(17)18-3)13-9-8-11-6-4-5-7-12(11)10-13/h4-10,14H,1-3H3. The van der Waals surface area contributed by atoms with Crippen LogP contribution in [0.2, 0.25) is 0 Å². The molecule has 2 rings (SSSR count). The number of carbonyl (C=O) groups excluding carboxylic acids is 1. The maximum absolute atomic E-state index is 11.8. The van der Waals surface area contributed by atoms with Gasteiger partial charge in [0.15, 0.2) is 0 Å².